The monoisotopic (exact) mass is 307 g/mol. The summed E-state index contributed by atoms with van der Waals surface area (Å²) in [5.74, 6) is 1.71. The molecule has 1 aromatic rings. The van der Waals surface area contributed by atoms with E-state index in [0.717, 1.165) is 43.4 Å². The highest BCUT2D eigenvalue weighted by molar-refractivity contribution is 5.83. The first kappa shape index (κ1) is 15.0. The lowest BCUT2D eigenvalue weighted by Crippen LogP contribution is -2.42. The van der Waals surface area contributed by atoms with Gasteiger partial charge < -0.3 is 19.4 Å². The zero-order chi connectivity index (χ0) is 15.5. The number of ether oxygens (including phenoxy) is 1. The maximum Gasteiger partial charge on any atom is 0.242 e. The summed E-state index contributed by atoms with van der Waals surface area (Å²) in [6.45, 7) is 4.00. The van der Waals surface area contributed by atoms with E-state index in [1.807, 2.05) is 0 Å². The molecule has 2 aliphatic heterocycles. The van der Waals surface area contributed by atoms with Gasteiger partial charge in [-0.1, -0.05) is 0 Å². The van der Waals surface area contributed by atoms with Gasteiger partial charge in [-0.25, -0.2) is 4.98 Å². The van der Waals surface area contributed by atoms with E-state index >= 15 is 0 Å². The van der Waals surface area contributed by atoms with Crippen LogP contribution in [0.3, 0.4) is 0 Å². The number of nitrogens with zero attached hydrogens (tertiary/aromatic N) is 2. The summed E-state index contributed by atoms with van der Waals surface area (Å²) in [4.78, 5) is 29.3. The number of fused-ring (bicyclic) bond motifs is 1. The number of amides is 2. The molecule has 22 heavy (non-hydrogen) atoms. The second-order valence-electron chi connectivity index (χ2n) is 5.78. The first-order chi connectivity index (χ1) is 10.6. The van der Waals surface area contributed by atoms with E-state index in [-0.39, 0.29) is 18.4 Å². The highest BCUT2D eigenvalue weighted by atomic mass is 16.5. The fraction of sp³-hybridized carbons (Fsp3) is 0.667. The Hall–Kier alpha value is -1.89. The summed E-state index contributed by atoms with van der Waals surface area (Å²) >= 11 is 0. The van der Waals surface area contributed by atoms with Crippen molar-refractivity contribution >= 4 is 11.8 Å². The molecule has 0 aliphatic carbocycles. The van der Waals surface area contributed by atoms with Crippen LogP contribution in [0, 0.1) is 0 Å². The van der Waals surface area contributed by atoms with E-state index in [4.69, 9.17) is 9.15 Å². The Morgan fingerprint density at radius 3 is 2.86 bits per heavy atom. The second kappa shape index (κ2) is 6.48. The van der Waals surface area contributed by atoms with Gasteiger partial charge in [-0.05, 0) is 12.8 Å². The molecule has 1 N–H and O–H groups in total. The van der Waals surface area contributed by atoms with Crippen LogP contribution < -0.4 is 5.32 Å². The molecule has 7 heteroatoms. The molecule has 7 nitrogen and oxygen atoms in total. The van der Waals surface area contributed by atoms with Crippen molar-refractivity contribution in [2.45, 2.75) is 38.6 Å². The molecular weight excluding hydrogens is 286 g/mol. The lowest BCUT2D eigenvalue weighted by Gasteiger charge is -2.25. The van der Waals surface area contributed by atoms with Crippen LogP contribution in [-0.2, 0) is 27.3 Å². The van der Waals surface area contributed by atoms with E-state index in [0.29, 0.717) is 25.4 Å². The Morgan fingerprint density at radius 2 is 2.14 bits per heavy atom. The van der Waals surface area contributed by atoms with Gasteiger partial charge in [-0.15, -0.1) is 0 Å². The lowest BCUT2D eigenvalue weighted by molar-refractivity contribution is -0.133. The molecule has 1 fully saturated rings. The molecule has 0 atom stereocenters. The molecule has 0 saturated carbocycles. The van der Waals surface area contributed by atoms with Crippen LogP contribution in [0.15, 0.2) is 4.42 Å². The zero-order valence-corrected chi connectivity index (χ0v) is 12.8. The van der Waals surface area contributed by atoms with Crippen LogP contribution in [0.1, 0.15) is 43.0 Å². The molecule has 1 saturated heterocycles. The minimum atomic E-state index is -0.200. The molecule has 0 radical (unpaired) electrons. The number of oxazole rings is 1. The standard InChI is InChI=1S/C15H21N3O4/c1-10(19)16-8-14(20)18-5-2-13-12(9-18)17-15(22-13)11-3-6-21-7-4-11/h11H,2-9H2,1H3,(H,16,19). The summed E-state index contributed by atoms with van der Waals surface area (Å²) in [6.07, 6.45) is 2.55. The third-order valence-electron chi connectivity index (χ3n) is 4.16. The lowest BCUT2D eigenvalue weighted by atomic mass is 10.0. The Labute approximate surface area is 129 Å². The van der Waals surface area contributed by atoms with Crippen LogP contribution >= 0.6 is 0 Å². The topological polar surface area (TPSA) is 84.7 Å². The molecule has 0 spiro atoms. The van der Waals surface area contributed by atoms with Gasteiger partial charge in [0, 0.05) is 39.0 Å². The predicted molar refractivity (Wildman–Crippen MR) is 77.1 cm³/mol. The number of aromatic nitrogens is 1. The van der Waals surface area contributed by atoms with Crippen LogP contribution in [0.5, 0.6) is 0 Å². The number of rotatable bonds is 3. The highest BCUT2D eigenvalue weighted by Crippen LogP contribution is 2.29. The van der Waals surface area contributed by atoms with Crippen molar-refractivity contribution in [3.05, 3.63) is 17.3 Å². The van der Waals surface area contributed by atoms with Crippen molar-refractivity contribution in [1.29, 1.82) is 0 Å². The molecule has 2 amide bonds. The number of carbonyl (C=O) groups is 2. The van der Waals surface area contributed by atoms with Crippen molar-refractivity contribution in [1.82, 2.24) is 15.2 Å². The van der Waals surface area contributed by atoms with Gasteiger partial charge in [0.2, 0.25) is 11.8 Å². The van der Waals surface area contributed by atoms with Crippen LogP contribution in [0.2, 0.25) is 0 Å². The fourth-order valence-electron chi connectivity index (χ4n) is 2.86. The molecule has 3 heterocycles. The van der Waals surface area contributed by atoms with E-state index in [9.17, 15) is 9.59 Å². The average Bonchev–Trinajstić information content (AvgIpc) is 2.96. The smallest absolute Gasteiger partial charge is 0.242 e. The molecule has 120 valence electrons. The summed E-state index contributed by atoms with van der Waals surface area (Å²) in [5.41, 5.74) is 0.851. The first-order valence-electron chi connectivity index (χ1n) is 7.72. The molecule has 0 aromatic carbocycles. The van der Waals surface area contributed by atoms with Crippen LogP contribution in [-0.4, -0.2) is 48.0 Å². The van der Waals surface area contributed by atoms with Crippen LogP contribution in [0.4, 0.5) is 0 Å². The molecule has 3 rings (SSSR count). The third-order valence-corrected chi connectivity index (χ3v) is 4.16. The normalized spacial score (nSPS) is 18.9. The van der Waals surface area contributed by atoms with Gasteiger partial charge in [0.05, 0.1) is 13.1 Å². The molecule has 0 bridgehead atoms. The average molecular weight is 307 g/mol. The van der Waals surface area contributed by atoms with E-state index in [2.05, 4.69) is 10.3 Å². The van der Waals surface area contributed by atoms with E-state index in [1.165, 1.54) is 6.92 Å². The van der Waals surface area contributed by atoms with Crippen molar-refractivity contribution < 1.29 is 18.7 Å². The Morgan fingerprint density at radius 1 is 1.36 bits per heavy atom. The fourth-order valence-corrected chi connectivity index (χ4v) is 2.86. The zero-order valence-electron chi connectivity index (χ0n) is 12.8. The quantitative estimate of drug-likeness (QED) is 0.883. The second-order valence-corrected chi connectivity index (χ2v) is 5.78. The van der Waals surface area contributed by atoms with E-state index < -0.39 is 0 Å². The van der Waals surface area contributed by atoms with Crippen LogP contribution in [0.25, 0.3) is 0 Å². The van der Waals surface area contributed by atoms with E-state index in [1.54, 1.807) is 4.90 Å². The van der Waals surface area contributed by atoms with Crippen molar-refractivity contribution in [3.8, 4) is 0 Å². The summed E-state index contributed by atoms with van der Waals surface area (Å²) in [5, 5.41) is 2.54. The van der Waals surface area contributed by atoms with Gasteiger partial charge in [0.1, 0.15) is 11.5 Å². The maximum absolute atomic E-state index is 12.1. The Bertz CT molecular complexity index is 563. The number of carbonyl (C=O) groups excluding carboxylic acids is 2. The third kappa shape index (κ3) is 3.30. The number of nitrogens with one attached hydrogen (secondary N) is 1. The summed E-state index contributed by atoms with van der Waals surface area (Å²) in [7, 11) is 0. The number of hydrogen-bond acceptors (Lipinski definition) is 5. The summed E-state index contributed by atoms with van der Waals surface area (Å²) < 4.78 is 11.3. The first-order valence-corrected chi connectivity index (χ1v) is 7.72. The molecule has 2 aliphatic rings. The van der Waals surface area contributed by atoms with Crippen molar-refractivity contribution in [2.75, 3.05) is 26.3 Å². The Kier molecular flexibility index (Phi) is 4.42. The molecular formula is C15H21N3O4. The predicted octanol–water partition coefficient (Wildman–Crippen LogP) is 0.589. The highest BCUT2D eigenvalue weighted by Gasteiger charge is 2.28. The molecule has 0 unspecified atom stereocenters. The van der Waals surface area contributed by atoms with Gasteiger partial charge in [0.25, 0.3) is 0 Å². The van der Waals surface area contributed by atoms with Crippen molar-refractivity contribution in [2.24, 2.45) is 0 Å². The largest absolute Gasteiger partial charge is 0.445 e. The molecule has 1 aromatic heterocycles. The minimum Gasteiger partial charge on any atom is -0.445 e. The number of hydrogen-bond donors (Lipinski definition) is 1. The van der Waals surface area contributed by atoms with Gasteiger partial charge in [-0.3, -0.25) is 9.59 Å². The minimum absolute atomic E-state index is 0.0370. The Balaban J connectivity index is 1.64. The van der Waals surface area contributed by atoms with Gasteiger partial charge >= 0.3 is 0 Å². The summed E-state index contributed by atoms with van der Waals surface area (Å²) in [6, 6.07) is 0. The SMILES string of the molecule is CC(=O)NCC(=O)N1CCc2oc(C3CCOCC3)nc2C1. The van der Waals surface area contributed by atoms with Gasteiger partial charge in [-0.2, -0.15) is 0 Å². The van der Waals surface area contributed by atoms with Gasteiger partial charge in [0.15, 0.2) is 5.89 Å². The van der Waals surface area contributed by atoms with Crippen molar-refractivity contribution in [3.63, 3.8) is 0 Å². The maximum atomic E-state index is 12.1.